The molecule has 1 aliphatic carbocycles. The Hall–Kier alpha value is -0.900. The van der Waals surface area contributed by atoms with Crippen molar-refractivity contribution in [1.82, 2.24) is 0 Å². The summed E-state index contributed by atoms with van der Waals surface area (Å²) in [5.41, 5.74) is 0. The third-order valence-electron chi connectivity index (χ3n) is 3.10. The van der Waals surface area contributed by atoms with Gasteiger partial charge in [-0.25, -0.2) is 0 Å². The van der Waals surface area contributed by atoms with E-state index in [1.54, 1.807) is 0 Å². The van der Waals surface area contributed by atoms with Crippen molar-refractivity contribution in [3.8, 4) is 0 Å². The summed E-state index contributed by atoms with van der Waals surface area (Å²) < 4.78 is 84.7. The summed E-state index contributed by atoms with van der Waals surface area (Å²) in [4.78, 5) is 11.4. The fourth-order valence-corrected chi connectivity index (χ4v) is 2.37. The van der Waals surface area contributed by atoms with Gasteiger partial charge in [0.1, 0.15) is 0 Å². The molecule has 0 aromatic heterocycles. The molecule has 5 nitrogen and oxygen atoms in total. The molecule has 0 atom stereocenters. The van der Waals surface area contributed by atoms with Crippen LogP contribution in [0.4, 0.5) is 17.6 Å². The van der Waals surface area contributed by atoms with Crippen LogP contribution in [0.2, 0.25) is 0 Å². The second-order valence-corrected chi connectivity index (χ2v) is 6.06. The maximum atomic E-state index is 13.0. The van der Waals surface area contributed by atoms with E-state index in [1.165, 1.54) is 0 Å². The maximum absolute atomic E-state index is 13.0. The van der Waals surface area contributed by atoms with Gasteiger partial charge in [0.15, 0.2) is 0 Å². The molecule has 0 saturated heterocycles. The molecule has 1 N–H and O–H groups in total. The Morgan fingerprint density at radius 2 is 1.70 bits per heavy atom. The molecule has 0 aromatic rings. The summed E-state index contributed by atoms with van der Waals surface area (Å²) in [6.45, 7) is -1.05. The number of alkyl halides is 4. The van der Waals surface area contributed by atoms with Gasteiger partial charge in [0, 0.05) is 0 Å². The largest absolute Gasteiger partial charge is 0.465 e. The molecule has 1 rings (SSSR count). The zero-order valence-corrected chi connectivity index (χ0v) is 11.1. The van der Waals surface area contributed by atoms with E-state index in [1.807, 2.05) is 0 Å². The summed E-state index contributed by atoms with van der Waals surface area (Å²) in [6.07, 6.45) is 1.01. The third kappa shape index (κ3) is 3.60. The summed E-state index contributed by atoms with van der Waals surface area (Å²) in [7, 11) is -6.25. The van der Waals surface area contributed by atoms with E-state index in [4.69, 9.17) is 4.55 Å². The van der Waals surface area contributed by atoms with E-state index in [9.17, 15) is 30.8 Å². The topological polar surface area (TPSA) is 80.7 Å². The number of carbonyl (C=O) groups is 1. The van der Waals surface area contributed by atoms with Crippen LogP contribution in [-0.4, -0.2) is 36.7 Å². The van der Waals surface area contributed by atoms with Crippen LogP contribution in [0, 0.1) is 5.92 Å². The highest BCUT2D eigenvalue weighted by Crippen LogP contribution is 2.40. The van der Waals surface area contributed by atoms with Gasteiger partial charge in [-0.1, -0.05) is 12.8 Å². The molecule has 118 valence electrons. The minimum Gasteiger partial charge on any atom is -0.465 e. The van der Waals surface area contributed by atoms with E-state index in [0.717, 1.165) is 12.8 Å². The number of esters is 1. The number of ether oxygens (including phenoxy) is 1. The molecule has 10 heteroatoms. The highest BCUT2D eigenvalue weighted by molar-refractivity contribution is 7.87. The summed E-state index contributed by atoms with van der Waals surface area (Å²) in [5.74, 6) is -6.21. The molecule has 20 heavy (non-hydrogen) atoms. The van der Waals surface area contributed by atoms with Crippen LogP contribution in [-0.2, 0) is 19.6 Å². The van der Waals surface area contributed by atoms with Gasteiger partial charge >= 0.3 is 27.3 Å². The van der Waals surface area contributed by atoms with E-state index in [-0.39, 0.29) is 0 Å². The summed E-state index contributed by atoms with van der Waals surface area (Å²) >= 11 is 0. The van der Waals surface area contributed by atoms with Crippen molar-refractivity contribution in [3.05, 3.63) is 0 Å². The Bertz CT molecular complexity index is 456. The molecule has 0 aliphatic heterocycles. The predicted molar refractivity (Wildman–Crippen MR) is 59.0 cm³/mol. The Balaban J connectivity index is 2.53. The van der Waals surface area contributed by atoms with Crippen LogP contribution in [0.1, 0.15) is 32.1 Å². The van der Waals surface area contributed by atoms with Gasteiger partial charge in [-0.15, -0.1) is 0 Å². The molecule has 0 heterocycles. The van der Waals surface area contributed by atoms with Gasteiger partial charge in [0.05, 0.1) is 18.9 Å². The molecule has 0 aromatic carbocycles. The van der Waals surface area contributed by atoms with E-state index in [0.29, 0.717) is 12.8 Å². The molecule has 0 radical (unpaired) electrons. The first-order chi connectivity index (χ1) is 8.99. The lowest BCUT2D eigenvalue weighted by molar-refractivity contribution is -0.175. The van der Waals surface area contributed by atoms with Crippen molar-refractivity contribution in [2.75, 3.05) is 6.61 Å². The fraction of sp³-hybridized carbons (Fsp3) is 0.900. The van der Waals surface area contributed by atoms with Crippen molar-refractivity contribution < 1.29 is 40.1 Å². The molecule has 0 bridgehead atoms. The van der Waals surface area contributed by atoms with Gasteiger partial charge in [-0.3, -0.25) is 9.35 Å². The quantitative estimate of drug-likeness (QED) is 0.461. The van der Waals surface area contributed by atoms with E-state index >= 15 is 0 Å². The van der Waals surface area contributed by atoms with Crippen molar-refractivity contribution in [2.45, 2.75) is 43.3 Å². The van der Waals surface area contributed by atoms with Crippen LogP contribution in [0.15, 0.2) is 0 Å². The average molecular weight is 322 g/mol. The predicted octanol–water partition coefficient (Wildman–Crippen LogP) is 2.23. The number of carbonyl (C=O) groups excluding carboxylic acids is 1. The standard InChI is InChI=1S/C10H14F4O5S/c11-9(12,10(13,14)20(16,17)18)5-6-19-8(15)7-3-1-2-4-7/h7H,1-6H2,(H,16,17,18). The van der Waals surface area contributed by atoms with Crippen molar-refractivity contribution >= 4 is 16.1 Å². The highest BCUT2D eigenvalue weighted by Gasteiger charge is 2.65. The van der Waals surface area contributed by atoms with Crippen molar-refractivity contribution in [1.29, 1.82) is 0 Å². The lowest BCUT2D eigenvalue weighted by atomic mass is 10.1. The summed E-state index contributed by atoms with van der Waals surface area (Å²) in [5, 5.41) is -5.63. The Morgan fingerprint density at radius 3 is 2.15 bits per heavy atom. The molecular formula is C10H14F4O5S. The number of rotatable bonds is 6. The highest BCUT2D eigenvalue weighted by atomic mass is 32.2. The second kappa shape index (κ2) is 5.84. The number of halogens is 4. The summed E-state index contributed by atoms with van der Waals surface area (Å²) in [6, 6.07) is 0. The lowest BCUT2D eigenvalue weighted by Crippen LogP contribution is -2.47. The van der Waals surface area contributed by atoms with Gasteiger partial charge in [0.2, 0.25) is 0 Å². The van der Waals surface area contributed by atoms with Gasteiger partial charge in [0.25, 0.3) is 0 Å². The zero-order valence-electron chi connectivity index (χ0n) is 10.3. The van der Waals surface area contributed by atoms with Crippen molar-refractivity contribution in [3.63, 3.8) is 0 Å². The van der Waals surface area contributed by atoms with Gasteiger partial charge < -0.3 is 4.74 Å². The molecule has 1 fully saturated rings. The van der Waals surface area contributed by atoms with Crippen LogP contribution in [0.25, 0.3) is 0 Å². The van der Waals surface area contributed by atoms with Crippen LogP contribution in [0.5, 0.6) is 0 Å². The molecule has 0 amide bonds. The first-order valence-corrected chi connectivity index (χ1v) is 7.32. The Kier molecular flexibility index (Phi) is 5.01. The van der Waals surface area contributed by atoms with E-state index < -0.39 is 46.2 Å². The normalized spacial score (nSPS) is 18.2. The monoisotopic (exact) mass is 322 g/mol. The first-order valence-electron chi connectivity index (χ1n) is 5.88. The van der Waals surface area contributed by atoms with E-state index in [2.05, 4.69) is 4.74 Å². The fourth-order valence-electron chi connectivity index (χ4n) is 1.89. The molecule has 0 spiro atoms. The molecule has 1 saturated carbocycles. The smallest absolute Gasteiger partial charge is 0.431 e. The minimum absolute atomic E-state index is 0.425. The van der Waals surface area contributed by atoms with Gasteiger partial charge in [-0.05, 0) is 12.8 Å². The average Bonchev–Trinajstić information content (AvgIpc) is 2.80. The number of hydrogen-bond acceptors (Lipinski definition) is 4. The number of hydrogen-bond donors (Lipinski definition) is 1. The van der Waals surface area contributed by atoms with Gasteiger partial charge in [-0.2, -0.15) is 26.0 Å². The third-order valence-corrected chi connectivity index (χ3v) is 4.05. The van der Waals surface area contributed by atoms with Crippen LogP contribution in [0.3, 0.4) is 0 Å². The zero-order chi connectivity index (χ0) is 15.6. The van der Waals surface area contributed by atoms with Crippen LogP contribution < -0.4 is 0 Å². The second-order valence-electron chi connectivity index (χ2n) is 4.60. The molecular weight excluding hydrogens is 308 g/mol. The van der Waals surface area contributed by atoms with Crippen LogP contribution >= 0.6 is 0 Å². The minimum atomic E-state index is -6.25. The Labute approximate surface area is 113 Å². The maximum Gasteiger partial charge on any atom is 0.431 e. The SMILES string of the molecule is O=C(OCCC(F)(F)C(F)(F)S(=O)(=O)O)C1CCCC1. The molecule has 0 unspecified atom stereocenters. The lowest BCUT2D eigenvalue weighted by Gasteiger charge is -2.23. The van der Waals surface area contributed by atoms with Crippen molar-refractivity contribution in [2.24, 2.45) is 5.92 Å². The Morgan fingerprint density at radius 1 is 1.20 bits per heavy atom. The molecule has 1 aliphatic rings. The first kappa shape index (κ1) is 17.2.